The molecule has 1 aliphatic rings. The molecule has 31 heavy (non-hydrogen) atoms. The molecule has 3 aromatic rings. The van der Waals surface area contributed by atoms with Gasteiger partial charge in [-0.1, -0.05) is 31.4 Å². The minimum Gasteiger partial charge on any atom is -0.339 e. The molecule has 160 valence electrons. The van der Waals surface area contributed by atoms with Crippen LogP contribution >= 0.6 is 0 Å². The SMILES string of the molecule is CN(C(=O)c1ccc(NC(=O)Cn2c(=O)cnc3ccccc32)cc1)C1CCCCC1. The Hall–Kier alpha value is -3.48. The minimum atomic E-state index is -0.333. The normalized spacial score (nSPS) is 14.4. The molecule has 0 bridgehead atoms. The zero-order valence-corrected chi connectivity index (χ0v) is 17.6. The summed E-state index contributed by atoms with van der Waals surface area (Å²) in [7, 11) is 1.87. The largest absolute Gasteiger partial charge is 0.339 e. The van der Waals surface area contributed by atoms with Gasteiger partial charge in [-0.3, -0.25) is 19.0 Å². The van der Waals surface area contributed by atoms with E-state index in [1.807, 2.05) is 18.0 Å². The second-order valence-electron chi connectivity index (χ2n) is 8.00. The lowest BCUT2D eigenvalue weighted by Gasteiger charge is -2.31. The van der Waals surface area contributed by atoms with Crippen molar-refractivity contribution < 1.29 is 9.59 Å². The van der Waals surface area contributed by atoms with Crippen molar-refractivity contribution in [2.45, 2.75) is 44.7 Å². The summed E-state index contributed by atoms with van der Waals surface area (Å²) < 4.78 is 1.40. The van der Waals surface area contributed by atoms with Crippen LogP contribution in [0.3, 0.4) is 0 Å². The first kappa shape index (κ1) is 20.8. The fourth-order valence-corrected chi connectivity index (χ4v) is 4.16. The van der Waals surface area contributed by atoms with E-state index in [9.17, 15) is 14.4 Å². The Labute approximate surface area is 180 Å². The first-order valence-electron chi connectivity index (χ1n) is 10.6. The monoisotopic (exact) mass is 418 g/mol. The summed E-state index contributed by atoms with van der Waals surface area (Å²) in [5.41, 5.74) is 2.10. The fraction of sp³-hybridized carbons (Fsp3) is 0.333. The van der Waals surface area contributed by atoms with Gasteiger partial charge < -0.3 is 10.2 Å². The Kier molecular flexibility index (Phi) is 6.11. The Balaban J connectivity index is 1.42. The fourth-order valence-electron chi connectivity index (χ4n) is 4.16. The van der Waals surface area contributed by atoms with Crippen molar-refractivity contribution in [3.8, 4) is 0 Å². The van der Waals surface area contributed by atoms with Crippen LogP contribution in [0.25, 0.3) is 11.0 Å². The third-order valence-corrected chi connectivity index (χ3v) is 5.91. The zero-order chi connectivity index (χ0) is 21.8. The lowest BCUT2D eigenvalue weighted by atomic mass is 9.94. The third kappa shape index (κ3) is 4.66. The maximum Gasteiger partial charge on any atom is 0.269 e. The summed E-state index contributed by atoms with van der Waals surface area (Å²) in [5.74, 6) is -0.323. The van der Waals surface area contributed by atoms with E-state index in [-0.39, 0.29) is 23.9 Å². The molecular weight excluding hydrogens is 392 g/mol. The topological polar surface area (TPSA) is 84.3 Å². The van der Waals surface area contributed by atoms with E-state index < -0.39 is 0 Å². The highest BCUT2D eigenvalue weighted by molar-refractivity contribution is 5.96. The van der Waals surface area contributed by atoms with Crippen molar-refractivity contribution in [1.29, 1.82) is 0 Å². The van der Waals surface area contributed by atoms with Gasteiger partial charge >= 0.3 is 0 Å². The van der Waals surface area contributed by atoms with Crippen molar-refractivity contribution in [3.05, 3.63) is 70.6 Å². The van der Waals surface area contributed by atoms with Crippen LogP contribution < -0.4 is 10.9 Å². The molecule has 1 saturated carbocycles. The number of carbonyl (C=O) groups excluding carboxylic acids is 2. The second kappa shape index (κ2) is 9.12. The summed E-state index contributed by atoms with van der Waals surface area (Å²) in [4.78, 5) is 43.5. The number of nitrogens with zero attached hydrogens (tertiary/aromatic N) is 3. The van der Waals surface area contributed by atoms with Gasteiger partial charge in [0.15, 0.2) is 0 Å². The van der Waals surface area contributed by atoms with Gasteiger partial charge in [0.05, 0.1) is 17.2 Å². The molecule has 7 heteroatoms. The molecule has 0 saturated heterocycles. The van der Waals surface area contributed by atoms with Crippen LogP contribution in [0.4, 0.5) is 5.69 Å². The van der Waals surface area contributed by atoms with Crippen LogP contribution in [-0.2, 0) is 11.3 Å². The van der Waals surface area contributed by atoms with E-state index in [2.05, 4.69) is 10.3 Å². The maximum absolute atomic E-state index is 12.8. The lowest BCUT2D eigenvalue weighted by molar-refractivity contribution is -0.116. The van der Waals surface area contributed by atoms with Crippen molar-refractivity contribution >= 4 is 28.5 Å². The quantitative estimate of drug-likeness (QED) is 0.688. The van der Waals surface area contributed by atoms with Crippen molar-refractivity contribution in [3.63, 3.8) is 0 Å². The van der Waals surface area contributed by atoms with Crippen LogP contribution in [-0.4, -0.2) is 39.4 Å². The van der Waals surface area contributed by atoms with Gasteiger partial charge in [0, 0.05) is 24.3 Å². The summed E-state index contributed by atoms with van der Waals surface area (Å²) in [6.45, 7) is -0.118. The van der Waals surface area contributed by atoms with E-state index in [0.717, 1.165) is 12.8 Å². The Morgan fingerprint density at radius 1 is 1.06 bits per heavy atom. The van der Waals surface area contributed by atoms with Gasteiger partial charge in [0.25, 0.3) is 11.5 Å². The molecule has 0 spiro atoms. The van der Waals surface area contributed by atoms with Gasteiger partial charge in [-0.05, 0) is 49.2 Å². The molecular formula is C24H26N4O3. The highest BCUT2D eigenvalue weighted by atomic mass is 16.2. The van der Waals surface area contributed by atoms with Crippen LogP contribution in [0.15, 0.2) is 59.5 Å². The summed E-state index contributed by atoms with van der Waals surface area (Å²) >= 11 is 0. The average molecular weight is 418 g/mol. The summed E-state index contributed by atoms with van der Waals surface area (Å²) in [6, 6.07) is 14.4. The molecule has 7 nitrogen and oxygen atoms in total. The van der Waals surface area contributed by atoms with Crippen molar-refractivity contribution in [2.24, 2.45) is 0 Å². The molecule has 4 rings (SSSR count). The molecule has 1 aliphatic carbocycles. The number of fused-ring (bicyclic) bond motifs is 1. The summed E-state index contributed by atoms with van der Waals surface area (Å²) in [5, 5.41) is 2.80. The Bertz CT molecular complexity index is 1150. The molecule has 2 aromatic carbocycles. The van der Waals surface area contributed by atoms with Crippen LogP contribution in [0.5, 0.6) is 0 Å². The molecule has 1 N–H and O–H groups in total. The van der Waals surface area contributed by atoms with Crippen LogP contribution in [0, 0.1) is 0 Å². The number of nitrogens with one attached hydrogen (secondary N) is 1. The number of carbonyl (C=O) groups is 2. The number of rotatable bonds is 5. The molecule has 0 atom stereocenters. The van der Waals surface area contributed by atoms with E-state index in [4.69, 9.17) is 0 Å². The van der Waals surface area contributed by atoms with Gasteiger partial charge in [-0.15, -0.1) is 0 Å². The van der Waals surface area contributed by atoms with Gasteiger partial charge in [0.1, 0.15) is 6.54 Å². The lowest BCUT2D eigenvalue weighted by Crippen LogP contribution is -2.38. The highest BCUT2D eigenvalue weighted by Gasteiger charge is 2.23. The predicted molar refractivity (Wildman–Crippen MR) is 120 cm³/mol. The van der Waals surface area contributed by atoms with Crippen LogP contribution in [0.1, 0.15) is 42.5 Å². The number of anilines is 1. The number of hydrogen-bond donors (Lipinski definition) is 1. The smallest absolute Gasteiger partial charge is 0.269 e. The number of amides is 2. The molecule has 0 radical (unpaired) electrons. The first-order valence-corrected chi connectivity index (χ1v) is 10.6. The van der Waals surface area contributed by atoms with Gasteiger partial charge in [0.2, 0.25) is 5.91 Å². The van der Waals surface area contributed by atoms with E-state index in [1.54, 1.807) is 42.5 Å². The van der Waals surface area contributed by atoms with Crippen molar-refractivity contribution in [2.75, 3.05) is 12.4 Å². The number of para-hydroxylation sites is 2. The molecule has 1 heterocycles. The zero-order valence-electron chi connectivity index (χ0n) is 17.6. The van der Waals surface area contributed by atoms with Gasteiger partial charge in [-0.2, -0.15) is 0 Å². The number of hydrogen-bond acceptors (Lipinski definition) is 4. The predicted octanol–water partition coefficient (Wildman–Crippen LogP) is 3.44. The van der Waals surface area contributed by atoms with Crippen LogP contribution in [0.2, 0.25) is 0 Å². The van der Waals surface area contributed by atoms with E-state index in [1.165, 1.54) is 30.0 Å². The molecule has 1 fully saturated rings. The molecule has 2 amide bonds. The number of benzene rings is 2. The molecule has 1 aromatic heterocycles. The second-order valence-corrected chi connectivity index (χ2v) is 8.00. The molecule has 0 aliphatic heterocycles. The van der Waals surface area contributed by atoms with Gasteiger partial charge in [-0.25, -0.2) is 4.98 Å². The number of aromatic nitrogens is 2. The third-order valence-electron chi connectivity index (χ3n) is 5.91. The standard InChI is InChI=1S/C24H26N4O3/c1-27(19-7-3-2-4-8-19)24(31)17-11-13-18(14-12-17)26-22(29)16-28-21-10-6-5-9-20(21)25-15-23(28)30/h5-6,9-15,19H,2-4,7-8,16H2,1H3,(H,26,29). The Morgan fingerprint density at radius 2 is 1.77 bits per heavy atom. The maximum atomic E-state index is 12.8. The van der Waals surface area contributed by atoms with Crippen molar-refractivity contribution in [1.82, 2.24) is 14.5 Å². The summed E-state index contributed by atoms with van der Waals surface area (Å²) in [6.07, 6.45) is 6.91. The highest BCUT2D eigenvalue weighted by Crippen LogP contribution is 2.23. The van der Waals surface area contributed by atoms with E-state index in [0.29, 0.717) is 28.3 Å². The molecule has 0 unspecified atom stereocenters. The Morgan fingerprint density at radius 3 is 2.52 bits per heavy atom. The average Bonchev–Trinajstić information content (AvgIpc) is 2.81. The minimum absolute atomic E-state index is 0.000385. The van der Waals surface area contributed by atoms with E-state index >= 15 is 0 Å². The first-order chi connectivity index (χ1) is 15.0.